The van der Waals surface area contributed by atoms with Gasteiger partial charge in [0.05, 0.1) is 0 Å². The van der Waals surface area contributed by atoms with Gasteiger partial charge >= 0.3 is 0 Å². The molecule has 0 atom stereocenters. The minimum Gasteiger partial charge on any atom is -0.507 e. The summed E-state index contributed by atoms with van der Waals surface area (Å²) in [6.07, 6.45) is 4.94. The zero-order chi connectivity index (χ0) is 11.1. The molecule has 1 aliphatic carbocycles. The SMILES string of the molecule is O=S(=O)(O)c1ccc(O)c2c1=CCCC=2. The first kappa shape index (κ1) is 10.2. The monoisotopic (exact) mass is 226 g/mol. The smallest absolute Gasteiger partial charge is 0.295 e. The first-order valence-corrected chi connectivity index (χ1v) is 5.94. The Balaban J connectivity index is 2.95. The van der Waals surface area contributed by atoms with E-state index >= 15 is 0 Å². The normalized spacial score (nSPS) is 15.0. The van der Waals surface area contributed by atoms with Crippen molar-refractivity contribution in [1.29, 1.82) is 0 Å². The zero-order valence-electron chi connectivity index (χ0n) is 7.84. The fourth-order valence-corrected chi connectivity index (χ4v) is 2.42. The molecule has 0 radical (unpaired) electrons. The lowest BCUT2D eigenvalue weighted by atomic mass is 10.1. The third-order valence-electron chi connectivity index (χ3n) is 2.37. The van der Waals surface area contributed by atoms with E-state index in [-0.39, 0.29) is 10.6 Å². The van der Waals surface area contributed by atoms with Gasteiger partial charge in [0, 0.05) is 10.4 Å². The van der Waals surface area contributed by atoms with E-state index in [2.05, 4.69) is 0 Å². The summed E-state index contributed by atoms with van der Waals surface area (Å²) in [5.41, 5.74) is 0. The topological polar surface area (TPSA) is 74.6 Å². The maximum atomic E-state index is 11.1. The number of aromatic hydroxyl groups is 1. The van der Waals surface area contributed by atoms with Gasteiger partial charge in [-0.2, -0.15) is 8.42 Å². The highest BCUT2D eigenvalue weighted by molar-refractivity contribution is 7.85. The second-order valence-electron chi connectivity index (χ2n) is 3.37. The highest BCUT2D eigenvalue weighted by Crippen LogP contribution is 2.08. The quantitative estimate of drug-likeness (QED) is 0.661. The number of fused-ring (bicyclic) bond motifs is 1. The van der Waals surface area contributed by atoms with Crippen molar-refractivity contribution in [3.05, 3.63) is 22.6 Å². The lowest BCUT2D eigenvalue weighted by molar-refractivity contribution is 0.467. The lowest BCUT2D eigenvalue weighted by Crippen LogP contribution is -2.32. The van der Waals surface area contributed by atoms with Gasteiger partial charge in [-0.3, -0.25) is 4.55 Å². The summed E-state index contributed by atoms with van der Waals surface area (Å²) in [6.45, 7) is 0. The molecule has 5 heteroatoms. The summed E-state index contributed by atoms with van der Waals surface area (Å²) in [6, 6.07) is 2.48. The van der Waals surface area contributed by atoms with E-state index in [0.29, 0.717) is 16.9 Å². The van der Waals surface area contributed by atoms with Crippen LogP contribution in [-0.2, 0) is 10.1 Å². The molecule has 15 heavy (non-hydrogen) atoms. The molecule has 1 aliphatic rings. The van der Waals surface area contributed by atoms with Gasteiger partial charge in [0.25, 0.3) is 10.1 Å². The first-order chi connectivity index (χ1) is 7.00. The highest BCUT2D eigenvalue weighted by Gasteiger charge is 2.14. The van der Waals surface area contributed by atoms with Crippen molar-refractivity contribution in [2.75, 3.05) is 0 Å². The Morgan fingerprint density at radius 1 is 1.07 bits per heavy atom. The van der Waals surface area contributed by atoms with Crippen LogP contribution in [-0.4, -0.2) is 18.1 Å². The maximum absolute atomic E-state index is 11.1. The third-order valence-corrected chi connectivity index (χ3v) is 3.28. The molecule has 1 aromatic rings. The molecule has 4 nitrogen and oxygen atoms in total. The van der Waals surface area contributed by atoms with Crippen LogP contribution >= 0.6 is 0 Å². The van der Waals surface area contributed by atoms with Crippen molar-refractivity contribution >= 4 is 22.3 Å². The van der Waals surface area contributed by atoms with Gasteiger partial charge in [-0.05, 0) is 25.0 Å². The van der Waals surface area contributed by atoms with Crippen molar-refractivity contribution in [3.8, 4) is 5.75 Å². The van der Waals surface area contributed by atoms with E-state index in [1.807, 2.05) is 0 Å². The predicted octanol–water partition coefficient (Wildman–Crippen LogP) is -0.00630. The third kappa shape index (κ3) is 1.75. The molecule has 80 valence electrons. The summed E-state index contributed by atoms with van der Waals surface area (Å²) >= 11 is 0. The van der Waals surface area contributed by atoms with Gasteiger partial charge in [0.2, 0.25) is 0 Å². The molecule has 0 spiro atoms. The van der Waals surface area contributed by atoms with Crippen LogP contribution in [0.4, 0.5) is 0 Å². The van der Waals surface area contributed by atoms with Crippen molar-refractivity contribution in [3.63, 3.8) is 0 Å². The van der Waals surface area contributed by atoms with E-state index in [1.54, 1.807) is 12.2 Å². The van der Waals surface area contributed by atoms with Crippen LogP contribution in [0.5, 0.6) is 5.75 Å². The molecule has 0 fully saturated rings. The molecule has 0 heterocycles. The second-order valence-corrected chi connectivity index (χ2v) is 4.76. The molecule has 0 aromatic heterocycles. The van der Waals surface area contributed by atoms with E-state index in [1.165, 1.54) is 12.1 Å². The molecule has 1 aromatic carbocycles. The van der Waals surface area contributed by atoms with Gasteiger partial charge in [0.15, 0.2) is 0 Å². The zero-order valence-corrected chi connectivity index (χ0v) is 8.66. The van der Waals surface area contributed by atoms with E-state index in [0.717, 1.165) is 6.42 Å². The fourth-order valence-electron chi connectivity index (χ4n) is 1.71. The van der Waals surface area contributed by atoms with Crippen molar-refractivity contribution in [2.45, 2.75) is 17.7 Å². The summed E-state index contributed by atoms with van der Waals surface area (Å²) in [5.74, 6) is 0.0355. The van der Waals surface area contributed by atoms with Crippen molar-refractivity contribution in [2.24, 2.45) is 0 Å². The minimum atomic E-state index is -4.22. The van der Waals surface area contributed by atoms with Gasteiger partial charge in [-0.1, -0.05) is 12.2 Å². The highest BCUT2D eigenvalue weighted by atomic mass is 32.2. The Labute approximate surface area is 86.9 Å². The first-order valence-electron chi connectivity index (χ1n) is 4.50. The predicted molar refractivity (Wildman–Crippen MR) is 55.3 cm³/mol. The number of phenols is 1. The molecular weight excluding hydrogens is 216 g/mol. The summed E-state index contributed by atoms with van der Waals surface area (Å²) < 4.78 is 31.1. The molecule has 0 aliphatic heterocycles. The Morgan fingerprint density at radius 3 is 2.27 bits per heavy atom. The summed E-state index contributed by atoms with van der Waals surface area (Å²) in [4.78, 5) is -0.147. The Kier molecular flexibility index (Phi) is 2.28. The average molecular weight is 226 g/mol. The van der Waals surface area contributed by atoms with Crippen LogP contribution in [0, 0.1) is 0 Å². The molecular formula is C10H10O4S. The number of phenolic OH excluding ortho intramolecular Hbond substituents is 1. The number of rotatable bonds is 1. The number of hydrogen-bond acceptors (Lipinski definition) is 3. The number of hydrogen-bond donors (Lipinski definition) is 2. The van der Waals surface area contributed by atoms with Crippen LogP contribution in [0.2, 0.25) is 0 Å². The standard InChI is InChI=1S/C10H10O4S/c11-9-5-6-10(15(12,13)14)8-4-2-1-3-7(8)9/h3-6,11H,1-2H2,(H,12,13,14). The Morgan fingerprint density at radius 2 is 1.67 bits per heavy atom. The van der Waals surface area contributed by atoms with Crippen molar-refractivity contribution < 1.29 is 18.1 Å². The van der Waals surface area contributed by atoms with E-state index in [4.69, 9.17) is 4.55 Å². The van der Waals surface area contributed by atoms with Gasteiger partial charge < -0.3 is 5.11 Å². The average Bonchev–Trinajstić information content (AvgIpc) is 2.17. The van der Waals surface area contributed by atoms with E-state index < -0.39 is 10.1 Å². The minimum absolute atomic E-state index is 0.0355. The van der Waals surface area contributed by atoms with Crippen LogP contribution in [0.1, 0.15) is 12.8 Å². The maximum Gasteiger partial charge on any atom is 0.295 e. The summed E-state index contributed by atoms with van der Waals surface area (Å²) in [5, 5.41) is 10.4. The van der Waals surface area contributed by atoms with Gasteiger partial charge in [-0.15, -0.1) is 0 Å². The molecule has 0 saturated carbocycles. The van der Waals surface area contributed by atoms with Crippen molar-refractivity contribution in [1.82, 2.24) is 0 Å². The fraction of sp³-hybridized carbons (Fsp3) is 0.200. The van der Waals surface area contributed by atoms with Gasteiger partial charge in [-0.25, -0.2) is 0 Å². The van der Waals surface area contributed by atoms with E-state index in [9.17, 15) is 13.5 Å². The van der Waals surface area contributed by atoms with Crippen LogP contribution < -0.4 is 10.4 Å². The lowest BCUT2D eigenvalue weighted by Gasteiger charge is -2.05. The van der Waals surface area contributed by atoms with Crippen LogP contribution in [0.25, 0.3) is 12.2 Å². The Hall–Kier alpha value is -1.33. The molecule has 0 bridgehead atoms. The largest absolute Gasteiger partial charge is 0.507 e. The van der Waals surface area contributed by atoms with Gasteiger partial charge in [0.1, 0.15) is 10.6 Å². The molecule has 2 rings (SSSR count). The molecule has 0 unspecified atom stereocenters. The Bertz CT molecular complexity index is 614. The molecule has 2 N–H and O–H groups in total. The molecule has 0 saturated heterocycles. The second kappa shape index (κ2) is 3.36. The number of benzene rings is 1. The molecule has 0 amide bonds. The van der Waals surface area contributed by atoms with Crippen LogP contribution in [0.3, 0.4) is 0 Å². The van der Waals surface area contributed by atoms with Crippen LogP contribution in [0.15, 0.2) is 17.0 Å². The summed E-state index contributed by atoms with van der Waals surface area (Å²) in [7, 11) is -4.22.